The molecule has 0 atom stereocenters. The quantitative estimate of drug-likeness (QED) is 0.152. The van der Waals surface area contributed by atoms with Crippen LogP contribution in [0.25, 0.3) is 65.3 Å². The summed E-state index contributed by atoms with van der Waals surface area (Å²) in [6, 6.07) is 80.9. The van der Waals surface area contributed by atoms with Gasteiger partial charge in [0.2, 0.25) is 0 Å². The number of rotatable bonds is 6. The van der Waals surface area contributed by atoms with Gasteiger partial charge in [0.25, 0.3) is 0 Å². The molecule has 10 rings (SSSR count). The van der Waals surface area contributed by atoms with Crippen molar-refractivity contribution in [1.29, 1.82) is 0 Å². The first-order chi connectivity index (χ1) is 26.3. The third kappa shape index (κ3) is 5.16. The minimum absolute atomic E-state index is 1.23. The first kappa shape index (κ1) is 31.3. The molecule has 10 aromatic carbocycles. The second-order valence-electron chi connectivity index (χ2n) is 13.7. The second kappa shape index (κ2) is 13.0. The van der Waals surface area contributed by atoms with Crippen LogP contribution in [0, 0.1) is 0 Å². The third-order valence-corrected chi connectivity index (χ3v) is 14.6. The number of fused-ring (bicyclic) bond motifs is 4. The van der Waals surface area contributed by atoms with Gasteiger partial charge in [-0.1, -0.05) is 158 Å². The van der Waals surface area contributed by atoms with Crippen LogP contribution >= 0.6 is 10.0 Å². The molecule has 0 radical (unpaired) electrons. The fraction of sp³-hybridized carbons (Fsp3) is 0. The Morgan fingerprint density at radius 3 is 1.04 bits per heavy atom. The lowest BCUT2D eigenvalue weighted by atomic mass is 9.85. The lowest BCUT2D eigenvalue weighted by Gasteiger charge is -2.42. The standard InChI is InChI=1S/C52H36S/c1-4-18-43(19-5-1)53(44-20-6-2-7-21-44,45-22-8-3-9-23-45)46-33-32-39-35-42(31-29-40(39)36-46)52-49-26-14-12-24-47(49)51(48-25-13-15-27-50(48)52)41-30-28-37-16-10-11-17-38(37)34-41/h1-36H. The van der Waals surface area contributed by atoms with Crippen molar-refractivity contribution >= 4 is 53.1 Å². The zero-order chi connectivity index (χ0) is 35.2. The van der Waals surface area contributed by atoms with Gasteiger partial charge in [-0.05, 0) is 126 Å². The van der Waals surface area contributed by atoms with Crippen molar-refractivity contribution < 1.29 is 0 Å². The molecule has 0 heterocycles. The molecule has 0 spiro atoms. The highest BCUT2D eigenvalue weighted by molar-refractivity contribution is 8.34. The largest absolute Gasteiger partial charge is 0.133 e. The second-order valence-corrected chi connectivity index (χ2v) is 16.8. The summed E-state index contributed by atoms with van der Waals surface area (Å²) in [4.78, 5) is 5.32. The molecule has 0 aliphatic rings. The lowest BCUT2D eigenvalue weighted by Crippen LogP contribution is -2.05. The van der Waals surface area contributed by atoms with Crippen LogP contribution in [0.2, 0.25) is 0 Å². The zero-order valence-electron chi connectivity index (χ0n) is 29.2. The molecule has 0 N–H and O–H groups in total. The van der Waals surface area contributed by atoms with E-state index in [-0.39, 0.29) is 0 Å². The molecule has 0 nitrogen and oxygen atoms in total. The minimum Gasteiger partial charge on any atom is -0.133 e. The van der Waals surface area contributed by atoms with Crippen molar-refractivity contribution in [3.8, 4) is 22.3 Å². The van der Waals surface area contributed by atoms with Gasteiger partial charge in [-0.3, -0.25) is 0 Å². The van der Waals surface area contributed by atoms with E-state index >= 15 is 0 Å². The van der Waals surface area contributed by atoms with Gasteiger partial charge in [0.05, 0.1) is 0 Å². The lowest BCUT2D eigenvalue weighted by molar-refractivity contribution is 1.25. The van der Waals surface area contributed by atoms with Crippen LogP contribution in [-0.2, 0) is 0 Å². The predicted molar refractivity (Wildman–Crippen MR) is 227 cm³/mol. The molecule has 0 saturated heterocycles. The maximum absolute atomic E-state index is 2.44. The number of benzene rings is 10. The molecule has 1 heteroatoms. The summed E-state index contributed by atoms with van der Waals surface area (Å²) >= 11 is 0. The number of hydrogen-bond donors (Lipinski definition) is 0. The predicted octanol–water partition coefficient (Wildman–Crippen LogP) is 15.0. The van der Waals surface area contributed by atoms with Crippen molar-refractivity contribution in [3.63, 3.8) is 0 Å². The van der Waals surface area contributed by atoms with E-state index in [2.05, 4.69) is 218 Å². The summed E-state index contributed by atoms with van der Waals surface area (Å²) < 4.78 is 0. The highest BCUT2D eigenvalue weighted by Crippen LogP contribution is 2.73. The summed E-state index contributed by atoms with van der Waals surface area (Å²) in [5.74, 6) is 0. The molecular formula is C52H36S. The van der Waals surface area contributed by atoms with Gasteiger partial charge in [0.15, 0.2) is 0 Å². The molecular weight excluding hydrogens is 657 g/mol. The van der Waals surface area contributed by atoms with E-state index in [1.54, 1.807) is 0 Å². The van der Waals surface area contributed by atoms with Crippen LogP contribution in [0.3, 0.4) is 0 Å². The van der Waals surface area contributed by atoms with E-state index in [9.17, 15) is 0 Å². The van der Waals surface area contributed by atoms with Crippen LogP contribution in [-0.4, -0.2) is 0 Å². The smallest absolute Gasteiger partial charge is 0.00293 e. The van der Waals surface area contributed by atoms with Gasteiger partial charge in [-0.2, -0.15) is 0 Å². The Kier molecular flexibility index (Phi) is 7.67. The Morgan fingerprint density at radius 1 is 0.226 bits per heavy atom. The first-order valence-electron chi connectivity index (χ1n) is 18.2. The molecule has 250 valence electrons. The Morgan fingerprint density at radius 2 is 0.566 bits per heavy atom. The topological polar surface area (TPSA) is 0 Å². The minimum atomic E-state index is -1.77. The summed E-state index contributed by atoms with van der Waals surface area (Å²) in [5.41, 5.74) is 5.05. The van der Waals surface area contributed by atoms with Crippen LogP contribution in [0.4, 0.5) is 0 Å². The Balaban J connectivity index is 1.19. The Hall–Kier alpha value is -6.41. The van der Waals surface area contributed by atoms with Crippen molar-refractivity contribution in [2.75, 3.05) is 0 Å². The molecule has 0 amide bonds. The highest BCUT2D eigenvalue weighted by atomic mass is 32.3. The van der Waals surface area contributed by atoms with Crippen LogP contribution in [0.5, 0.6) is 0 Å². The maximum atomic E-state index is 2.44. The van der Waals surface area contributed by atoms with Gasteiger partial charge in [0, 0.05) is 19.6 Å². The van der Waals surface area contributed by atoms with Gasteiger partial charge < -0.3 is 0 Å². The van der Waals surface area contributed by atoms with Crippen LogP contribution in [0.15, 0.2) is 238 Å². The number of hydrogen-bond acceptors (Lipinski definition) is 0. The monoisotopic (exact) mass is 692 g/mol. The van der Waals surface area contributed by atoms with E-state index in [1.807, 2.05) is 0 Å². The van der Waals surface area contributed by atoms with Crippen molar-refractivity contribution in [1.82, 2.24) is 0 Å². The van der Waals surface area contributed by atoms with E-state index < -0.39 is 10.0 Å². The van der Waals surface area contributed by atoms with Crippen LogP contribution in [0.1, 0.15) is 0 Å². The SMILES string of the molecule is c1ccc(S(c2ccccc2)(c2ccccc2)c2ccc3cc(-c4c5ccccc5c(-c5ccc6ccccc6c5)c5ccccc45)ccc3c2)cc1. The van der Waals surface area contributed by atoms with Crippen molar-refractivity contribution in [2.45, 2.75) is 19.6 Å². The molecule has 0 bridgehead atoms. The highest BCUT2D eigenvalue weighted by Gasteiger charge is 2.33. The molecule has 0 aliphatic carbocycles. The van der Waals surface area contributed by atoms with Gasteiger partial charge in [0.1, 0.15) is 0 Å². The van der Waals surface area contributed by atoms with Gasteiger partial charge in [-0.15, -0.1) is 10.0 Å². The van der Waals surface area contributed by atoms with E-state index in [0.717, 1.165) is 0 Å². The van der Waals surface area contributed by atoms with Crippen LogP contribution < -0.4 is 0 Å². The molecule has 0 saturated carbocycles. The van der Waals surface area contributed by atoms with E-state index in [1.165, 1.54) is 84.9 Å². The average molecular weight is 693 g/mol. The summed E-state index contributed by atoms with van der Waals surface area (Å²) in [6.07, 6.45) is 0. The molecule has 0 aromatic heterocycles. The summed E-state index contributed by atoms with van der Waals surface area (Å²) in [7, 11) is -1.77. The Labute approximate surface area is 312 Å². The zero-order valence-corrected chi connectivity index (χ0v) is 30.0. The molecule has 0 fully saturated rings. The summed E-state index contributed by atoms with van der Waals surface area (Å²) in [6.45, 7) is 0. The Bertz CT molecular complexity index is 2780. The van der Waals surface area contributed by atoms with Crippen molar-refractivity contribution in [2.24, 2.45) is 0 Å². The van der Waals surface area contributed by atoms with Gasteiger partial charge in [-0.25, -0.2) is 0 Å². The fourth-order valence-corrected chi connectivity index (χ4v) is 12.3. The molecule has 0 aliphatic heterocycles. The van der Waals surface area contributed by atoms with E-state index in [4.69, 9.17) is 0 Å². The van der Waals surface area contributed by atoms with Crippen molar-refractivity contribution in [3.05, 3.63) is 218 Å². The third-order valence-electron chi connectivity index (χ3n) is 10.7. The fourth-order valence-electron chi connectivity index (χ4n) is 8.36. The summed E-state index contributed by atoms with van der Waals surface area (Å²) in [5, 5.41) is 10.1. The first-order valence-corrected chi connectivity index (χ1v) is 19.9. The maximum Gasteiger partial charge on any atom is 0.00293 e. The normalized spacial score (nSPS) is 12.1. The molecule has 0 unspecified atom stereocenters. The average Bonchev–Trinajstić information content (AvgIpc) is 3.24. The molecule has 53 heavy (non-hydrogen) atoms. The van der Waals surface area contributed by atoms with Gasteiger partial charge >= 0.3 is 0 Å². The van der Waals surface area contributed by atoms with E-state index in [0.29, 0.717) is 0 Å². The molecule has 10 aromatic rings.